The van der Waals surface area contributed by atoms with Crippen LogP contribution in [0.2, 0.25) is 0 Å². The van der Waals surface area contributed by atoms with Crippen molar-refractivity contribution < 1.29 is 18.7 Å². The van der Waals surface area contributed by atoms with Gasteiger partial charge in [-0.05, 0) is 38.0 Å². The van der Waals surface area contributed by atoms with Crippen molar-refractivity contribution in [3.05, 3.63) is 47.0 Å². The smallest absolute Gasteiger partial charge is 0.254 e. The molecule has 2 amide bonds. The molecule has 0 saturated carbocycles. The predicted octanol–water partition coefficient (Wildman–Crippen LogP) is 2.30. The van der Waals surface area contributed by atoms with Crippen molar-refractivity contribution in [1.82, 2.24) is 14.7 Å². The van der Waals surface area contributed by atoms with E-state index in [9.17, 15) is 14.0 Å². The lowest BCUT2D eigenvalue weighted by molar-refractivity contribution is -0.115. The SMILES string of the molecule is COC1CCN(C(=O)c2cc(F)cc(NC(=O)Cc3cn(C)nc3C)c2)CC1. The summed E-state index contributed by atoms with van der Waals surface area (Å²) in [5.74, 6) is -1.10. The molecule has 28 heavy (non-hydrogen) atoms. The average Bonchev–Trinajstić information content (AvgIpc) is 2.97. The van der Waals surface area contributed by atoms with Crippen LogP contribution in [0.1, 0.15) is 34.5 Å². The summed E-state index contributed by atoms with van der Waals surface area (Å²) in [6, 6.07) is 3.93. The lowest BCUT2D eigenvalue weighted by atomic mass is 10.1. The number of nitrogens with one attached hydrogen (secondary N) is 1. The average molecular weight is 388 g/mol. The summed E-state index contributed by atoms with van der Waals surface area (Å²) in [6.45, 7) is 2.96. The van der Waals surface area contributed by atoms with Crippen molar-refractivity contribution in [2.24, 2.45) is 7.05 Å². The van der Waals surface area contributed by atoms with E-state index in [1.54, 1.807) is 29.9 Å². The summed E-state index contributed by atoms with van der Waals surface area (Å²) in [5, 5.41) is 6.88. The van der Waals surface area contributed by atoms with Crippen LogP contribution in [0.3, 0.4) is 0 Å². The maximum Gasteiger partial charge on any atom is 0.254 e. The Morgan fingerprint density at radius 1 is 1.29 bits per heavy atom. The lowest BCUT2D eigenvalue weighted by Crippen LogP contribution is -2.40. The van der Waals surface area contributed by atoms with Gasteiger partial charge in [0.25, 0.3) is 5.91 Å². The summed E-state index contributed by atoms with van der Waals surface area (Å²) in [4.78, 5) is 26.7. The fourth-order valence-corrected chi connectivity index (χ4v) is 3.46. The Hall–Kier alpha value is -2.74. The van der Waals surface area contributed by atoms with E-state index in [4.69, 9.17) is 4.74 Å². The third-order valence-electron chi connectivity index (χ3n) is 4.96. The summed E-state index contributed by atoms with van der Waals surface area (Å²) in [7, 11) is 3.45. The number of anilines is 1. The number of carbonyl (C=O) groups is 2. The molecule has 1 aromatic heterocycles. The number of halogens is 1. The highest BCUT2D eigenvalue weighted by Crippen LogP contribution is 2.20. The largest absolute Gasteiger partial charge is 0.381 e. The van der Waals surface area contributed by atoms with Gasteiger partial charge in [-0.3, -0.25) is 14.3 Å². The second-order valence-corrected chi connectivity index (χ2v) is 7.09. The number of hydrogen-bond acceptors (Lipinski definition) is 4. The van der Waals surface area contributed by atoms with Crippen LogP contribution in [0.25, 0.3) is 0 Å². The summed E-state index contributed by atoms with van der Waals surface area (Å²) in [6.07, 6.45) is 3.57. The minimum atomic E-state index is -0.564. The second-order valence-electron chi connectivity index (χ2n) is 7.09. The third-order valence-corrected chi connectivity index (χ3v) is 4.96. The standard InChI is InChI=1S/C20H25FN4O3/c1-13-15(12-24(2)23-13)10-19(26)22-17-9-14(8-16(21)11-17)20(27)25-6-4-18(28-3)5-7-25/h8-9,11-12,18H,4-7,10H2,1-3H3,(H,22,26). The molecule has 0 radical (unpaired) electrons. The highest BCUT2D eigenvalue weighted by atomic mass is 19.1. The van der Waals surface area contributed by atoms with Crippen LogP contribution in [0.4, 0.5) is 10.1 Å². The number of aryl methyl sites for hydroxylation is 2. The molecule has 0 atom stereocenters. The minimum Gasteiger partial charge on any atom is -0.381 e. The summed E-state index contributed by atoms with van der Waals surface area (Å²) >= 11 is 0. The molecule has 7 nitrogen and oxygen atoms in total. The number of amides is 2. The highest BCUT2D eigenvalue weighted by Gasteiger charge is 2.24. The van der Waals surface area contributed by atoms with Gasteiger partial charge in [-0.15, -0.1) is 0 Å². The van der Waals surface area contributed by atoms with E-state index in [-0.39, 0.29) is 35.6 Å². The van der Waals surface area contributed by atoms with E-state index >= 15 is 0 Å². The van der Waals surface area contributed by atoms with E-state index in [0.717, 1.165) is 24.1 Å². The number of likely N-dealkylation sites (tertiary alicyclic amines) is 1. The number of nitrogens with zero attached hydrogens (tertiary/aromatic N) is 3. The van der Waals surface area contributed by atoms with Crippen LogP contribution in [0.15, 0.2) is 24.4 Å². The van der Waals surface area contributed by atoms with E-state index in [2.05, 4.69) is 10.4 Å². The Kier molecular flexibility index (Phi) is 6.08. The number of methoxy groups -OCH3 is 1. The van der Waals surface area contributed by atoms with Crippen LogP contribution >= 0.6 is 0 Å². The zero-order valence-electron chi connectivity index (χ0n) is 16.4. The van der Waals surface area contributed by atoms with Crippen LogP contribution < -0.4 is 5.32 Å². The van der Waals surface area contributed by atoms with Gasteiger partial charge in [0.15, 0.2) is 0 Å². The molecule has 1 N–H and O–H groups in total. The first-order valence-electron chi connectivity index (χ1n) is 9.27. The first-order chi connectivity index (χ1) is 13.4. The maximum absolute atomic E-state index is 14.1. The van der Waals surface area contributed by atoms with E-state index in [1.165, 1.54) is 18.2 Å². The van der Waals surface area contributed by atoms with Gasteiger partial charge >= 0.3 is 0 Å². The fourth-order valence-electron chi connectivity index (χ4n) is 3.46. The van der Waals surface area contributed by atoms with Crippen LogP contribution in [0.5, 0.6) is 0 Å². The zero-order chi connectivity index (χ0) is 20.3. The predicted molar refractivity (Wildman–Crippen MR) is 103 cm³/mol. The molecular formula is C20H25FN4O3. The molecule has 2 heterocycles. The number of hydrogen-bond donors (Lipinski definition) is 1. The third kappa shape index (κ3) is 4.75. The maximum atomic E-state index is 14.1. The number of aromatic nitrogens is 2. The van der Waals surface area contributed by atoms with Crippen molar-refractivity contribution in [2.45, 2.75) is 32.3 Å². The molecule has 1 saturated heterocycles. The molecule has 8 heteroatoms. The molecule has 0 bridgehead atoms. The van der Waals surface area contributed by atoms with Crippen molar-refractivity contribution >= 4 is 17.5 Å². The molecule has 1 aliphatic heterocycles. The van der Waals surface area contributed by atoms with Gasteiger partial charge in [-0.25, -0.2) is 4.39 Å². The number of carbonyl (C=O) groups excluding carboxylic acids is 2. The van der Waals surface area contributed by atoms with E-state index < -0.39 is 5.82 Å². The Morgan fingerprint density at radius 2 is 2.00 bits per heavy atom. The number of piperidine rings is 1. The van der Waals surface area contributed by atoms with E-state index in [0.29, 0.717) is 13.1 Å². The van der Waals surface area contributed by atoms with Crippen molar-refractivity contribution in [2.75, 3.05) is 25.5 Å². The van der Waals surface area contributed by atoms with Gasteiger partial charge in [-0.2, -0.15) is 5.10 Å². The van der Waals surface area contributed by atoms with Crippen molar-refractivity contribution in [3.63, 3.8) is 0 Å². The topological polar surface area (TPSA) is 76.5 Å². The molecule has 150 valence electrons. The van der Waals surface area contributed by atoms with Gasteiger partial charge in [0, 0.05) is 50.3 Å². The van der Waals surface area contributed by atoms with Gasteiger partial charge in [0.1, 0.15) is 5.82 Å². The number of rotatable bonds is 5. The van der Waals surface area contributed by atoms with Crippen LogP contribution in [-0.2, 0) is 23.0 Å². The Labute approximate surface area is 163 Å². The molecule has 0 aliphatic carbocycles. The second kappa shape index (κ2) is 8.52. The zero-order valence-corrected chi connectivity index (χ0v) is 16.4. The minimum absolute atomic E-state index is 0.129. The quantitative estimate of drug-likeness (QED) is 0.853. The number of ether oxygens (including phenoxy) is 1. The monoisotopic (exact) mass is 388 g/mol. The molecule has 0 unspecified atom stereocenters. The van der Waals surface area contributed by atoms with Gasteiger partial charge < -0.3 is 15.0 Å². The Morgan fingerprint density at radius 3 is 2.61 bits per heavy atom. The first kappa shape index (κ1) is 20.0. The highest BCUT2D eigenvalue weighted by molar-refractivity contribution is 5.97. The fraction of sp³-hybridized carbons (Fsp3) is 0.450. The molecule has 1 fully saturated rings. The van der Waals surface area contributed by atoms with Gasteiger partial charge in [0.2, 0.25) is 5.91 Å². The normalized spacial score (nSPS) is 14.9. The van der Waals surface area contributed by atoms with Crippen LogP contribution in [-0.4, -0.2) is 52.8 Å². The summed E-state index contributed by atoms with van der Waals surface area (Å²) < 4.78 is 21.0. The van der Waals surface area contributed by atoms with Crippen molar-refractivity contribution in [3.8, 4) is 0 Å². The molecular weight excluding hydrogens is 363 g/mol. The molecule has 1 aromatic carbocycles. The van der Waals surface area contributed by atoms with Gasteiger partial charge in [-0.1, -0.05) is 0 Å². The van der Waals surface area contributed by atoms with E-state index in [1.807, 2.05) is 6.92 Å². The Balaban J connectivity index is 1.68. The lowest BCUT2D eigenvalue weighted by Gasteiger charge is -2.31. The molecule has 0 spiro atoms. The number of benzene rings is 1. The molecule has 1 aliphatic rings. The molecule has 3 rings (SSSR count). The van der Waals surface area contributed by atoms with Crippen molar-refractivity contribution in [1.29, 1.82) is 0 Å². The first-order valence-corrected chi connectivity index (χ1v) is 9.27. The van der Waals surface area contributed by atoms with Crippen LogP contribution in [0, 0.1) is 12.7 Å². The Bertz CT molecular complexity index is 872. The molecule has 2 aromatic rings. The summed E-state index contributed by atoms with van der Waals surface area (Å²) in [5.41, 5.74) is 2.06. The van der Waals surface area contributed by atoms with Gasteiger partial charge in [0.05, 0.1) is 18.2 Å².